The van der Waals surface area contributed by atoms with Gasteiger partial charge >= 0.3 is 5.69 Å². The van der Waals surface area contributed by atoms with Crippen LogP contribution in [0.5, 0.6) is 0 Å². The summed E-state index contributed by atoms with van der Waals surface area (Å²) in [6, 6.07) is 1.91. The molecule has 1 fully saturated rings. The summed E-state index contributed by atoms with van der Waals surface area (Å²) in [5.41, 5.74) is -1.89. The van der Waals surface area contributed by atoms with Crippen molar-refractivity contribution in [2.75, 3.05) is 6.61 Å². The van der Waals surface area contributed by atoms with E-state index in [-0.39, 0.29) is 0 Å². The van der Waals surface area contributed by atoms with Gasteiger partial charge in [0.2, 0.25) is 0 Å². The lowest BCUT2D eigenvalue weighted by atomic mass is 10.0. The van der Waals surface area contributed by atoms with E-state index in [1.54, 1.807) is 6.92 Å². The van der Waals surface area contributed by atoms with Crippen LogP contribution in [-0.2, 0) is 4.74 Å². The molecule has 1 aromatic rings. The van der Waals surface area contributed by atoms with Gasteiger partial charge in [-0.1, -0.05) is 0 Å². The van der Waals surface area contributed by atoms with Gasteiger partial charge in [-0.25, -0.2) is 4.79 Å². The number of aliphatic hydroxyl groups is 1. The molecule has 2 atom stereocenters. The third kappa shape index (κ3) is 1.96. The van der Waals surface area contributed by atoms with Crippen molar-refractivity contribution in [3.05, 3.63) is 32.6 Å². The van der Waals surface area contributed by atoms with Gasteiger partial charge in [0.25, 0.3) is 5.56 Å². The molecule has 0 radical (unpaired) electrons. The summed E-state index contributed by atoms with van der Waals surface area (Å²) in [6.45, 7) is 1.16. The highest BCUT2D eigenvalue weighted by Gasteiger charge is 2.41. The molecule has 2 N–H and O–H groups in total. The predicted molar refractivity (Wildman–Crippen MR) is 60.8 cm³/mol. The molecule has 0 saturated carbocycles. The molecule has 0 amide bonds. The molecular weight excluding hydrogens is 238 g/mol. The van der Waals surface area contributed by atoms with Gasteiger partial charge < -0.3 is 9.84 Å². The Hall–Kier alpha value is -1.91. The first-order chi connectivity index (χ1) is 8.51. The lowest BCUT2D eigenvalue weighted by Crippen LogP contribution is -2.36. The number of nitrogens with zero attached hydrogens (tertiary/aromatic N) is 2. The van der Waals surface area contributed by atoms with Crippen LogP contribution in [0.3, 0.4) is 0 Å². The summed E-state index contributed by atoms with van der Waals surface area (Å²) in [5, 5.41) is 18.1. The second-order valence-electron chi connectivity index (χ2n) is 4.35. The van der Waals surface area contributed by atoms with Crippen molar-refractivity contribution in [3.8, 4) is 6.07 Å². The third-order valence-electron chi connectivity index (χ3n) is 3.07. The van der Waals surface area contributed by atoms with Crippen molar-refractivity contribution < 1.29 is 9.84 Å². The van der Waals surface area contributed by atoms with Crippen LogP contribution >= 0.6 is 0 Å². The molecule has 0 spiro atoms. The molecule has 2 rings (SSSR count). The summed E-state index contributed by atoms with van der Waals surface area (Å²) in [6.07, 6.45) is 1.53. The summed E-state index contributed by atoms with van der Waals surface area (Å²) in [7, 11) is 0. The highest BCUT2D eigenvalue weighted by atomic mass is 16.5. The summed E-state index contributed by atoms with van der Waals surface area (Å²) < 4.78 is 6.68. The number of aromatic nitrogens is 2. The van der Waals surface area contributed by atoms with Gasteiger partial charge in [0.05, 0.1) is 6.61 Å². The second-order valence-corrected chi connectivity index (χ2v) is 4.35. The first-order valence-electron chi connectivity index (χ1n) is 5.53. The standard InChI is InChI=1S/C11H13N3O4/c1-7-4-14(10(17)13-9(7)16)8-2-3-11(5-12,6-15)18-8/h4,8,15H,2-3,6H2,1H3,(H,13,16,17)/t8-,11+/m1/s1. The van der Waals surface area contributed by atoms with Crippen molar-refractivity contribution in [2.45, 2.75) is 31.6 Å². The van der Waals surface area contributed by atoms with Gasteiger partial charge in [-0.2, -0.15) is 5.26 Å². The van der Waals surface area contributed by atoms with Crippen LogP contribution in [0.15, 0.2) is 15.8 Å². The molecule has 1 aromatic heterocycles. The molecule has 0 unspecified atom stereocenters. The molecule has 0 aliphatic carbocycles. The lowest BCUT2D eigenvalue weighted by Gasteiger charge is -2.20. The lowest BCUT2D eigenvalue weighted by molar-refractivity contribution is -0.0661. The quantitative estimate of drug-likeness (QED) is 0.730. The van der Waals surface area contributed by atoms with Crippen LogP contribution in [0.25, 0.3) is 0 Å². The van der Waals surface area contributed by atoms with Crippen molar-refractivity contribution in [1.29, 1.82) is 5.26 Å². The van der Waals surface area contributed by atoms with E-state index in [1.165, 1.54) is 10.8 Å². The molecule has 1 saturated heterocycles. The average molecular weight is 251 g/mol. The largest absolute Gasteiger partial charge is 0.392 e. The third-order valence-corrected chi connectivity index (χ3v) is 3.07. The van der Waals surface area contributed by atoms with Crippen molar-refractivity contribution in [1.82, 2.24) is 9.55 Å². The van der Waals surface area contributed by atoms with Gasteiger partial charge in [-0.3, -0.25) is 14.3 Å². The Kier molecular flexibility index (Phi) is 3.07. The van der Waals surface area contributed by atoms with E-state index in [9.17, 15) is 9.59 Å². The normalized spacial score (nSPS) is 27.1. The van der Waals surface area contributed by atoms with E-state index >= 15 is 0 Å². The fourth-order valence-corrected chi connectivity index (χ4v) is 1.96. The van der Waals surface area contributed by atoms with Crippen LogP contribution in [0.2, 0.25) is 0 Å². The van der Waals surface area contributed by atoms with Crippen LogP contribution < -0.4 is 11.2 Å². The van der Waals surface area contributed by atoms with Crippen molar-refractivity contribution in [3.63, 3.8) is 0 Å². The highest BCUT2D eigenvalue weighted by Crippen LogP contribution is 2.34. The number of hydrogen-bond acceptors (Lipinski definition) is 5. The number of aliphatic hydroxyl groups excluding tert-OH is 1. The number of hydrogen-bond donors (Lipinski definition) is 2. The summed E-state index contributed by atoms with van der Waals surface area (Å²) in [4.78, 5) is 25.1. The Bertz CT molecular complexity index is 612. The molecular formula is C11H13N3O4. The number of aromatic amines is 1. The zero-order valence-electron chi connectivity index (χ0n) is 9.84. The van der Waals surface area contributed by atoms with E-state index in [1.807, 2.05) is 6.07 Å². The first-order valence-corrected chi connectivity index (χ1v) is 5.53. The maximum absolute atomic E-state index is 11.6. The maximum Gasteiger partial charge on any atom is 0.330 e. The van der Waals surface area contributed by atoms with Crippen LogP contribution in [0.1, 0.15) is 24.6 Å². The highest BCUT2D eigenvalue weighted by molar-refractivity contribution is 5.07. The topological polar surface area (TPSA) is 108 Å². The molecule has 0 bridgehead atoms. The molecule has 7 heteroatoms. The second kappa shape index (κ2) is 4.40. The number of H-pyrrole nitrogens is 1. The minimum absolute atomic E-state index is 0.343. The molecule has 2 heterocycles. The number of nitriles is 1. The Labute approximate surface area is 102 Å². The fraction of sp³-hybridized carbons (Fsp3) is 0.545. The van der Waals surface area contributed by atoms with Crippen LogP contribution in [0.4, 0.5) is 0 Å². The van der Waals surface area contributed by atoms with Gasteiger partial charge in [0.15, 0.2) is 5.60 Å². The monoisotopic (exact) mass is 251 g/mol. The number of ether oxygens (including phenoxy) is 1. The Morgan fingerprint density at radius 1 is 1.72 bits per heavy atom. The van der Waals surface area contributed by atoms with Crippen LogP contribution in [-0.4, -0.2) is 26.9 Å². The van der Waals surface area contributed by atoms with Crippen molar-refractivity contribution >= 4 is 0 Å². The molecule has 18 heavy (non-hydrogen) atoms. The summed E-state index contributed by atoms with van der Waals surface area (Å²) >= 11 is 0. The predicted octanol–water partition coefficient (Wildman–Crippen LogP) is -0.591. The van der Waals surface area contributed by atoms with Gasteiger partial charge in [-0.15, -0.1) is 0 Å². The first kappa shape index (κ1) is 12.5. The van der Waals surface area contributed by atoms with E-state index in [0.29, 0.717) is 18.4 Å². The molecule has 1 aliphatic heterocycles. The van der Waals surface area contributed by atoms with Gasteiger partial charge in [0, 0.05) is 11.8 Å². The Morgan fingerprint density at radius 3 is 3.00 bits per heavy atom. The molecule has 7 nitrogen and oxygen atoms in total. The zero-order valence-corrected chi connectivity index (χ0v) is 9.84. The minimum atomic E-state index is -1.26. The van der Waals surface area contributed by atoms with E-state index < -0.39 is 29.7 Å². The Morgan fingerprint density at radius 2 is 2.44 bits per heavy atom. The summed E-state index contributed by atoms with van der Waals surface area (Å²) in [5.74, 6) is 0. The van der Waals surface area contributed by atoms with Crippen LogP contribution in [0, 0.1) is 18.3 Å². The number of aryl methyl sites for hydroxylation is 1. The van der Waals surface area contributed by atoms with Gasteiger partial charge in [-0.05, 0) is 19.8 Å². The average Bonchev–Trinajstić information content (AvgIpc) is 2.79. The molecule has 0 aromatic carbocycles. The minimum Gasteiger partial charge on any atom is -0.392 e. The van der Waals surface area contributed by atoms with E-state index in [0.717, 1.165) is 0 Å². The van der Waals surface area contributed by atoms with E-state index in [4.69, 9.17) is 15.1 Å². The zero-order chi connectivity index (χ0) is 13.3. The van der Waals surface area contributed by atoms with Crippen molar-refractivity contribution in [2.24, 2.45) is 0 Å². The smallest absolute Gasteiger partial charge is 0.330 e. The maximum atomic E-state index is 11.6. The SMILES string of the molecule is Cc1cn([C@H]2CC[C@](C#N)(CO)O2)c(=O)[nH]c1=O. The molecule has 1 aliphatic rings. The van der Waals surface area contributed by atoms with Gasteiger partial charge in [0.1, 0.15) is 12.3 Å². The Balaban J connectivity index is 2.36. The molecule has 96 valence electrons. The number of nitrogens with one attached hydrogen (secondary N) is 1. The fourth-order valence-electron chi connectivity index (χ4n) is 1.96. The number of rotatable bonds is 2. The van der Waals surface area contributed by atoms with E-state index in [2.05, 4.69) is 4.98 Å².